The molecule has 0 fully saturated rings. The van der Waals surface area contributed by atoms with Gasteiger partial charge >= 0.3 is 0 Å². The predicted octanol–water partition coefficient (Wildman–Crippen LogP) is 3.77. The fraction of sp³-hybridized carbons (Fsp3) is 0.250. The Morgan fingerprint density at radius 1 is 1.29 bits per heavy atom. The number of aryl methyl sites for hydroxylation is 2. The van der Waals surface area contributed by atoms with Crippen molar-refractivity contribution in [2.75, 3.05) is 0 Å². The van der Waals surface area contributed by atoms with Crippen LogP contribution in [0, 0.1) is 13.8 Å². The van der Waals surface area contributed by atoms with Crippen molar-refractivity contribution in [3.05, 3.63) is 51.6 Å². The molecule has 1 heterocycles. The third-order valence-electron chi connectivity index (χ3n) is 2.60. The Kier molecular flexibility index (Phi) is 3.12. The van der Waals surface area contributed by atoms with E-state index in [0.717, 1.165) is 16.8 Å². The minimum atomic E-state index is 0.259. The third kappa shape index (κ3) is 2.29. The van der Waals surface area contributed by atoms with E-state index in [4.69, 9.17) is 10.1 Å². The van der Waals surface area contributed by atoms with Crippen LogP contribution in [0.3, 0.4) is 0 Å². The molecule has 0 atom stereocenters. The molecule has 2 aromatic rings. The minimum Gasteiger partial charge on any atom is -0.361 e. The second-order valence-corrected chi connectivity index (χ2v) is 3.82. The smallest absolute Gasteiger partial charge is 0.137 e. The molecule has 2 rings (SSSR count). The zero-order valence-electron chi connectivity index (χ0n) is 9.71. The van der Waals surface area contributed by atoms with Crippen LogP contribution < -0.4 is 0 Å². The highest BCUT2D eigenvalue weighted by Gasteiger charge is 2.13. The van der Waals surface area contributed by atoms with Crippen LogP contribution in [0.4, 0.5) is 0 Å². The second kappa shape index (κ2) is 4.72. The molecule has 0 amide bonds. The average molecular weight is 228 g/mol. The van der Waals surface area contributed by atoms with E-state index in [1.807, 2.05) is 38.1 Å². The van der Waals surface area contributed by atoms with Crippen molar-refractivity contribution in [1.82, 2.24) is 5.16 Å². The van der Waals surface area contributed by atoms with Gasteiger partial charge in [0.25, 0.3) is 0 Å². The average Bonchev–Trinajstić information content (AvgIpc) is 2.69. The monoisotopic (exact) mass is 228 g/mol. The minimum absolute atomic E-state index is 0.259. The molecule has 0 unspecified atom stereocenters. The molecule has 0 N–H and O–H groups in total. The van der Waals surface area contributed by atoms with Crippen LogP contribution in [0.5, 0.6) is 0 Å². The van der Waals surface area contributed by atoms with Crippen LogP contribution in [0.15, 0.2) is 33.9 Å². The molecule has 5 heteroatoms. The van der Waals surface area contributed by atoms with E-state index in [2.05, 4.69) is 15.2 Å². The van der Waals surface area contributed by atoms with Crippen molar-refractivity contribution in [3.63, 3.8) is 0 Å². The van der Waals surface area contributed by atoms with Crippen LogP contribution >= 0.6 is 0 Å². The van der Waals surface area contributed by atoms with Gasteiger partial charge in [0.1, 0.15) is 11.5 Å². The molecule has 0 aliphatic carbocycles. The summed E-state index contributed by atoms with van der Waals surface area (Å²) in [6.07, 6.45) is 0. The number of aromatic nitrogens is 1. The molecule has 5 nitrogen and oxygen atoms in total. The van der Waals surface area contributed by atoms with Crippen LogP contribution in [0.2, 0.25) is 0 Å². The summed E-state index contributed by atoms with van der Waals surface area (Å²) in [6, 6.07) is 7.98. The molecule has 0 bridgehead atoms. The van der Waals surface area contributed by atoms with Crippen LogP contribution in [0.1, 0.15) is 16.9 Å². The van der Waals surface area contributed by atoms with Crippen LogP contribution in [0.25, 0.3) is 21.7 Å². The first kappa shape index (κ1) is 11.2. The zero-order valence-corrected chi connectivity index (χ0v) is 9.71. The zero-order chi connectivity index (χ0) is 12.3. The largest absolute Gasteiger partial charge is 0.361 e. The summed E-state index contributed by atoms with van der Waals surface area (Å²) in [6.45, 7) is 4.10. The van der Waals surface area contributed by atoms with Crippen LogP contribution in [-0.4, -0.2) is 5.16 Å². The number of hydrogen-bond donors (Lipinski definition) is 0. The van der Waals surface area contributed by atoms with E-state index in [1.165, 1.54) is 5.56 Å². The lowest BCUT2D eigenvalue weighted by Crippen LogP contribution is -1.87. The highest BCUT2D eigenvalue weighted by Crippen LogP contribution is 2.26. The molecule has 0 spiro atoms. The lowest BCUT2D eigenvalue weighted by Gasteiger charge is -2.00. The quantitative estimate of drug-likeness (QED) is 0.455. The topological polar surface area (TPSA) is 74.8 Å². The third-order valence-corrected chi connectivity index (χ3v) is 2.60. The Morgan fingerprint density at radius 2 is 2.00 bits per heavy atom. The van der Waals surface area contributed by atoms with E-state index in [0.29, 0.717) is 5.76 Å². The van der Waals surface area contributed by atoms with Crippen molar-refractivity contribution in [1.29, 1.82) is 0 Å². The van der Waals surface area contributed by atoms with Crippen molar-refractivity contribution >= 4 is 0 Å². The number of nitrogens with zero attached hydrogens (tertiary/aromatic N) is 4. The Bertz CT molecular complexity index is 565. The highest BCUT2D eigenvalue weighted by atomic mass is 16.5. The van der Waals surface area contributed by atoms with E-state index >= 15 is 0 Å². The van der Waals surface area contributed by atoms with Crippen LogP contribution in [-0.2, 0) is 6.54 Å². The molecule has 0 aliphatic heterocycles. The van der Waals surface area contributed by atoms with Crippen molar-refractivity contribution in [2.45, 2.75) is 20.4 Å². The number of benzene rings is 1. The summed E-state index contributed by atoms with van der Waals surface area (Å²) in [5, 5.41) is 7.57. The van der Waals surface area contributed by atoms with Gasteiger partial charge in [0.2, 0.25) is 0 Å². The Hall–Kier alpha value is -2.26. The number of rotatable bonds is 3. The SMILES string of the molecule is Cc1ccc(-c2noc(C)c2CN=[N+]=[N-])cc1. The maximum atomic E-state index is 8.36. The summed E-state index contributed by atoms with van der Waals surface area (Å²) in [4.78, 5) is 2.76. The van der Waals surface area contributed by atoms with Gasteiger partial charge in [0.05, 0.1) is 6.54 Å². The van der Waals surface area contributed by atoms with Gasteiger partial charge in [0, 0.05) is 16.0 Å². The van der Waals surface area contributed by atoms with Gasteiger partial charge in [0.15, 0.2) is 0 Å². The second-order valence-electron chi connectivity index (χ2n) is 3.82. The lowest BCUT2D eigenvalue weighted by atomic mass is 10.1. The first-order chi connectivity index (χ1) is 8.22. The molecule has 0 saturated carbocycles. The van der Waals surface area contributed by atoms with Gasteiger partial charge in [-0.05, 0) is 19.4 Å². The lowest BCUT2D eigenvalue weighted by molar-refractivity contribution is 0.398. The summed E-state index contributed by atoms with van der Waals surface area (Å²) < 4.78 is 5.14. The molecule has 0 saturated heterocycles. The first-order valence-corrected chi connectivity index (χ1v) is 5.25. The van der Waals surface area contributed by atoms with Crippen molar-refractivity contribution in [3.8, 4) is 11.3 Å². The fourth-order valence-electron chi connectivity index (χ4n) is 1.62. The summed E-state index contributed by atoms with van der Waals surface area (Å²) in [7, 11) is 0. The number of hydrogen-bond acceptors (Lipinski definition) is 3. The van der Waals surface area contributed by atoms with Gasteiger partial charge in [-0.25, -0.2) is 0 Å². The van der Waals surface area contributed by atoms with E-state index in [1.54, 1.807) is 0 Å². The molecule has 0 radical (unpaired) electrons. The van der Waals surface area contributed by atoms with Gasteiger partial charge < -0.3 is 4.52 Å². The molecule has 17 heavy (non-hydrogen) atoms. The standard InChI is InChI=1S/C12H12N4O/c1-8-3-5-10(6-4-8)12-11(7-14-16-13)9(2)17-15-12/h3-6H,7H2,1-2H3. The molecular formula is C12H12N4O. The Balaban J connectivity index is 2.44. The van der Waals surface area contributed by atoms with E-state index < -0.39 is 0 Å². The van der Waals surface area contributed by atoms with Gasteiger partial charge in [-0.1, -0.05) is 40.1 Å². The maximum Gasteiger partial charge on any atom is 0.137 e. The Morgan fingerprint density at radius 3 is 2.65 bits per heavy atom. The molecular weight excluding hydrogens is 216 g/mol. The fourth-order valence-corrected chi connectivity index (χ4v) is 1.62. The molecule has 1 aromatic heterocycles. The summed E-state index contributed by atoms with van der Waals surface area (Å²) in [5.41, 5.74) is 12.1. The molecule has 0 aliphatic rings. The molecule has 1 aromatic carbocycles. The maximum absolute atomic E-state index is 8.36. The van der Waals surface area contributed by atoms with Crippen molar-refractivity contribution in [2.24, 2.45) is 5.11 Å². The predicted molar refractivity (Wildman–Crippen MR) is 64.3 cm³/mol. The van der Waals surface area contributed by atoms with Crippen molar-refractivity contribution < 1.29 is 4.52 Å². The van der Waals surface area contributed by atoms with Gasteiger partial charge in [-0.15, -0.1) is 0 Å². The molecule has 86 valence electrons. The highest BCUT2D eigenvalue weighted by molar-refractivity contribution is 5.63. The Labute approximate surface area is 98.7 Å². The van der Waals surface area contributed by atoms with Gasteiger partial charge in [-0.2, -0.15) is 0 Å². The normalized spacial score (nSPS) is 10.0. The van der Waals surface area contributed by atoms with E-state index in [-0.39, 0.29) is 6.54 Å². The summed E-state index contributed by atoms with van der Waals surface area (Å²) in [5.74, 6) is 0.688. The number of azide groups is 1. The van der Waals surface area contributed by atoms with E-state index in [9.17, 15) is 0 Å². The summed E-state index contributed by atoms with van der Waals surface area (Å²) >= 11 is 0. The van der Waals surface area contributed by atoms with Gasteiger partial charge in [-0.3, -0.25) is 0 Å². The first-order valence-electron chi connectivity index (χ1n) is 5.25.